The Kier molecular flexibility index (Phi) is 36.1. The van der Waals surface area contributed by atoms with Crippen molar-refractivity contribution in [2.24, 2.45) is 0 Å². The van der Waals surface area contributed by atoms with E-state index in [1.165, 1.54) is 71.1 Å². The molecule has 0 radical (unpaired) electrons. The number of unbranched alkanes of at least 4 members (excludes halogenated alkanes) is 15. The number of ketones is 1. The van der Waals surface area contributed by atoms with Crippen LogP contribution in [0.4, 0.5) is 0 Å². The highest BCUT2D eigenvalue weighted by atomic mass is 16.5. The molecule has 14 nitrogen and oxygen atoms in total. The van der Waals surface area contributed by atoms with Crippen LogP contribution in [0.3, 0.4) is 0 Å². The zero-order valence-electron chi connectivity index (χ0n) is 32.1. The molecular weight excluding hydrogens is 674 g/mol. The maximum Gasteiger partial charge on any atom is 0.326 e. The van der Waals surface area contributed by atoms with Gasteiger partial charge in [0.25, 0.3) is 0 Å². The Bertz CT molecular complexity index is 907. The molecule has 1 atom stereocenters. The van der Waals surface area contributed by atoms with Crippen LogP contribution >= 0.6 is 0 Å². The van der Waals surface area contributed by atoms with Gasteiger partial charge in [-0.3, -0.25) is 19.2 Å². The summed E-state index contributed by atoms with van der Waals surface area (Å²) < 4.78 is 21.1. The van der Waals surface area contributed by atoms with Gasteiger partial charge in [-0.25, -0.2) is 4.79 Å². The Morgan fingerprint density at radius 1 is 0.500 bits per heavy atom. The van der Waals surface area contributed by atoms with Gasteiger partial charge in [0.15, 0.2) is 5.78 Å². The van der Waals surface area contributed by atoms with E-state index in [9.17, 15) is 29.1 Å². The highest BCUT2D eigenvalue weighted by Gasteiger charge is 2.19. The molecule has 0 rings (SSSR count). The number of aliphatic carboxylic acids is 2. The number of carbonyl (C=O) groups excluding carboxylic acids is 3. The first-order chi connectivity index (χ1) is 25.2. The van der Waals surface area contributed by atoms with Gasteiger partial charge in [0.05, 0.1) is 39.6 Å². The molecule has 304 valence electrons. The number of amides is 2. The number of ether oxygens (including phenoxy) is 4. The quantitative estimate of drug-likeness (QED) is 0.0537. The molecule has 52 heavy (non-hydrogen) atoms. The molecule has 0 heterocycles. The van der Waals surface area contributed by atoms with Crippen LogP contribution in [0.25, 0.3) is 0 Å². The van der Waals surface area contributed by atoms with Gasteiger partial charge in [-0.15, -0.1) is 0 Å². The van der Waals surface area contributed by atoms with Crippen LogP contribution in [0.2, 0.25) is 0 Å². The SMILES string of the molecule is CC(=O)COCCOCCNC(=O)COCCOCCNCCC[C@H](NC(=O)CCCCCCCCCCCCCCCCCCC(=O)O)C(=O)O. The summed E-state index contributed by atoms with van der Waals surface area (Å²) in [5.74, 6) is -2.20. The second-order valence-corrected chi connectivity index (χ2v) is 13.3. The van der Waals surface area contributed by atoms with Gasteiger partial charge < -0.3 is 45.1 Å². The van der Waals surface area contributed by atoms with Crippen molar-refractivity contribution < 1.29 is 53.1 Å². The largest absolute Gasteiger partial charge is 0.481 e. The van der Waals surface area contributed by atoms with E-state index in [0.717, 1.165) is 38.5 Å². The molecule has 0 unspecified atom stereocenters. The number of carboxylic acid groups (broad SMARTS) is 2. The van der Waals surface area contributed by atoms with Crippen LogP contribution < -0.4 is 16.0 Å². The molecule has 0 spiro atoms. The van der Waals surface area contributed by atoms with Crippen LogP contribution in [0.15, 0.2) is 0 Å². The number of hydrogen-bond acceptors (Lipinski definition) is 10. The molecule has 0 saturated heterocycles. The van der Waals surface area contributed by atoms with E-state index >= 15 is 0 Å². The monoisotopic (exact) mass is 746 g/mol. The summed E-state index contributed by atoms with van der Waals surface area (Å²) in [5.41, 5.74) is 0. The number of nitrogens with one attached hydrogen (secondary N) is 3. The van der Waals surface area contributed by atoms with Crippen molar-refractivity contribution >= 4 is 29.5 Å². The van der Waals surface area contributed by atoms with Crippen LogP contribution in [0.5, 0.6) is 0 Å². The van der Waals surface area contributed by atoms with E-state index in [1.54, 1.807) is 0 Å². The predicted molar refractivity (Wildman–Crippen MR) is 199 cm³/mol. The lowest BCUT2D eigenvalue weighted by Gasteiger charge is -2.15. The Hall–Kier alpha value is -2.65. The summed E-state index contributed by atoms with van der Waals surface area (Å²) in [4.78, 5) is 56.9. The number of carbonyl (C=O) groups is 5. The van der Waals surface area contributed by atoms with Crippen molar-refractivity contribution in [3.8, 4) is 0 Å². The Balaban J connectivity index is 3.53. The molecular formula is C38H71N3O11. The second-order valence-electron chi connectivity index (χ2n) is 13.3. The van der Waals surface area contributed by atoms with Crippen molar-refractivity contribution in [3.05, 3.63) is 0 Å². The Labute approximate surface area is 312 Å². The summed E-state index contributed by atoms with van der Waals surface area (Å²) in [6, 6.07) is -0.888. The first kappa shape index (κ1) is 49.4. The smallest absolute Gasteiger partial charge is 0.326 e. The average Bonchev–Trinajstić information content (AvgIpc) is 3.10. The zero-order chi connectivity index (χ0) is 38.3. The average molecular weight is 746 g/mol. The highest BCUT2D eigenvalue weighted by Crippen LogP contribution is 2.14. The van der Waals surface area contributed by atoms with Crippen molar-refractivity contribution in [2.45, 2.75) is 141 Å². The lowest BCUT2D eigenvalue weighted by atomic mass is 10.0. The van der Waals surface area contributed by atoms with Gasteiger partial charge in [-0.2, -0.15) is 0 Å². The molecule has 5 N–H and O–H groups in total. The molecule has 0 saturated carbocycles. The first-order valence-corrected chi connectivity index (χ1v) is 19.7. The third-order valence-corrected chi connectivity index (χ3v) is 8.30. The van der Waals surface area contributed by atoms with Crippen LogP contribution in [-0.2, 0) is 42.9 Å². The van der Waals surface area contributed by atoms with Crippen molar-refractivity contribution in [2.75, 3.05) is 72.5 Å². The van der Waals surface area contributed by atoms with Crippen molar-refractivity contribution in [1.82, 2.24) is 16.0 Å². The summed E-state index contributed by atoms with van der Waals surface area (Å²) in [7, 11) is 0. The molecule has 0 bridgehead atoms. The fraction of sp³-hybridized carbons (Fsp3) is 0.868. The van der Waals surface area contributed by atoms with Crippen molar-refractivity contribution in [1.29, 1.82) is 0 Å². The van der Waals surface area contributed by atoms with Crippen LogP contribution in [0.1, 0.15) is 135 Å². The minimum atomic E-state index is -1.02. The Morgan fingerprint density at radius 3 is 1.46 bits per heavy atom. The van der Waals surface area contributed by atoms with Gasteiger partial charge in [0, 0.05) is 25.9 Å². The molecule has 0 aliphatic heterocycles. The lowest BCUT2D eigenvalue weighted by molar-refractivity contribution is -0.142. The summed E-state index contributed by atoms with van der Waals surface area (Å²) >= 11 is 0. The topological polar surface area (TPSA) is 199 Å². The number of rotatable bonds is 41. The molecule has 14 heteroatoms. The maximum absolute atomic E-state index is 12.3. The molecule has 0 aliphatic rings. The summed E-state index contributed by atoms with van der Waals surface area (Å²) in [6.07, 6.45) is 20.0. The standard InChI is InChI=1S/C38H71N3O11/c1-33(42)31-51-29-27-50-26-24-40-36(44)32-52-30-28-49-25-23-39-22-18-19-34(38(47)48)41-35(43)20-16-14-12-10-8-6-4-2-3-5-7-9-11-13-15-17-21-37(45)46/h34,39H,2-32H2,1H3,(H,40,44)(H,41,43)(H,45,46)(H,47,48)/t34-/m0/s1. The van der Waals surface area contributed by atoms with E-state index in [2.05, 4.69) is 16.0 Å². The highest BCUT2D eigenvalue weighted by molar-refractivity contribution is 5.83. The fourth-order valence-electron chi connectivity index (χ4n) is 5.40. The Morgan fingerprint density at radius 2 is 0.962 bits per heavy atom. The van der Waals surface area contributed by atoms with Crippen molar-refractivity contribution in [3.63, 3.8) is 0 Å². The van der Waals surface area contributed by atoms with Crippen LogP contribution in [0, 0.1) is 0 Å². The fourth-order valence-corrected chi connectivity index (χ4v) is 5.40. The molecule has 0 aromatic heterocycles. The molecule has 0 aromatic carbocycles. The minimum Gasteiger partial charge on any atom is -0.481 e. The van der Waals surface area contributed by atoms with E-state index in [1.807, 2.05) is 0 Å². The predicted octanol–water partition coefficient (Wildman–Crippen LogP) is 4.80. The minimum absolute atomic E-state index is 0.0403. The van der Waals surface area contributed by atoms with E-state index in [0.29, 0.717) is 78.4 Å². The number of Topliss-reactive ketones (excluding diaryl/α,β-unsaturated/α-hetero) is 1. The molecule has 2 amide bonds. The van der Waals surface area contributed by atoms with E-state index in [-0.39, 0.29) is 37.4 Å². The molecule has 0 fully saturated rings. The maximum atomic E-state index is 12.3. The molecule has 0 aliphatic carbocycles. The third-order valence-electron chi connectivity index (χ3n) is 8.30. The summed E-state index contributed by atoms with van der Waals surface area (Å²) in [6.45, 7) is 5.07. The third kappa shape index (κ3) is 38.6. The molecule has 0 aromatic rings. The van der Waals surface area contributed by atoms with Gasteiger partial charge in [-0.1, -0.05) is 89.9 Å². The van der Waals surface area contributed by atoms with E-state index < -0.39 is 18.0 Å². The zero-order valence-corrected chi connectivity index (χ0v) is 32.1. The van der Waals surface area contributed by atoms with Gasteiger partial charge in [0.2, 0.25) is 11.8 Å². The summed E-state index contributed by atoms with van der Waals surface area (Å²) in [5, 5.41) is 26.7. The lowest BCUT2D eigenvalue weighted by Crippen LogP contribution is -2.41. The second kappa shape index (κ2) is 38.1. The number of hydrogen-bond donors (Lipinski definition) is 5. The number of carboxylic acids is 2. The van der Waals surface area contributed by atoms with Gasteiger partial charge in [-0.05, 0) is 39.2 Å². The van der Waals surface area contributed by atoms with E-state index in [4.69, 9.17) is 24.1 Å². The normalized spacial score (nSPS) is 11.7. The van der Waals surface area contributed by atoms with Crippen LogP contribution in [-0.4, -0.2) is 118 Å². The van der Waals surface area contributed by atoms with Gasteiger partial charge >= 0.3 is 11.9 Å². The van der Waals surface area contributed by atoms with Gasteiger partial charge in [0.1, 0.15) is 19.3 Å². The first-order valence-electron chi connectivity index (χ1n) is 19.7.